The van der Waals surface area contributed by atoms with Gasteiger partial charge in [0.25, 0.3) is 0 Å². The zero-order chi connectivity index (χ0) is 25.3. The third-order valence-electron chi connectivity index (χ3n) is 9.21. The standard InChI is InChI=1S/C28H43N3O4S/c1-3-16-35-27(32)31-13-7-9-22-18-24(19-26(22)31)29-14-11-28(12-15-29)21-30(36(33,34)17-4-2)20-23-8-5-6-10-25(23)28/h5-6,8,10,22,24,26H,3-4,7,9,11-21H2,1-2H3. The summed E-state index contributed by atoms with van der Waals surface area (Å²) in [5.41, 5.74) is 2.43. The fourth-order valence-electron chi connectivity index (χ4n) is 7.43. The third kappa shape index (κ3) is 4.93. The molecule has 3 fully saturated rings. The van der Waals surface area contributed by atoms with E-state index in [-0.39, 0.29) is 17.3 Å². The van der Waals surface area contributed by atoms with Crippen molar-refractivity contribution in [2.75, 3.05) is 38.5 Å². The van der Waals surface area contributed by atoms with Crippen LogP contribution in [0.2, 0.25) is 0 Å². The van der Waals surface area contributed by atoms with Crippen molar-refractivity contribution in [1.29, 1.82) is 0 Å². The van der Waals surface area contributed by atoms with Gasteiger partial charge in [0, 0.05) is 37.1 Å². The van der Waals surface area contributed by atoms with Crippen LogP contribution >= 0.6 is 0 Å². The molecule has 3 unspecified atom stereocenters. The molecule has 3 aliphatic heterocycles. The summed E-state index contributed by atoms with van der Waals surface area (Å²) < 4.78 is 33.4. The molecule has 0 N–H and O–H groups in total. The van der Waals surface area contributed by atoms with E-state index in [4.69, 9.17) is 4.74 Å². The summed E-state index contributed by atoms with van der Waals surface area (Å²) in [5.74, 6) is 0.790. The first-order chi connectivity index (χ1) is 17.4. The number of ether oxygens (including phenoxy) is 1. The summed E-state index contributed by atoms with van der Waals surface area (Å²) in [5, 5.41) is 0. The maximum atomic E-state index is 13.1. The molecule has 2 saturated heterocycles. The molecule has 1 aromatic rings. The molecule has 8 heteroatoms. The highest BCUT2D eigenvalue weighted by Gasteiger charge is 2.48. The molecule has 1 amide bonds. The van der Waals surface area contributed by atoms with Crippen LogP contribution in [0.4, 0.5) is 4.79 Å². The average molecular weight is 518 g/mol. The highest BCUT2D eigenvalue weighted by molar-refractivity contribution is 7.89. The number of carbonyl (C=O) groups is 1. The fraction of sp³-hybridized carbons (Fsp3) is 0.750. The Labute approximate surface area is 217 Å². The number of piperidine rings is 2. The minimum absolute atomic E-state index is 0.104. The summed E-state index contributed by atoms with van der Waals surface area (Å²) in [7, 11) is -3.25. The molecule has 3 heterocycles. The maximum Gasteiger partial charge on any atom is 0.410 e. The van der Waals surface area contributed by atoms with Crippen LogP contribution in [0.15, 0.2) is 24.3 Å². The minimum Gasteiger partial charge on any atom is -0.449 e. The van der Waals surface area contributed by atoms with Crippen molar-refractivity contribution in [3.8, 4) is 0 Å². The molecule has 5 rings (SSSR count). The van der Waals surface area contributed by atoms with E-state index < -0.39 is 10.0 Å². The van der Waals surface area contributed by atoms with Crippen LogP contribution < -0.4 is 0 Å². The molecule has 4 aliphatic rings. The van der Waals surface area contributed by atoms with Gasteiger partial charge in [-0.1, -0.05) is 38.1 Å². The second-order valence-corrected chi connectivity index (χ2v) is 13.5. The first-order valence-corrected chi connectivity index (χ1v) is 15.7. The molecule has 36 heavy (non-hydrogen) atoms. The van der Waals surface area contributed by atoms with Crippen molar-refractivity contribution < 1.29 is 17.9 Å². The summed E-state index contributed by atoms with van der Waals surface area (Å²) in [4.78, 5) is 17.4. The van der Waals surface area contributed by atoms with Crippen molar-refractivity contribution in [3.63, 3.8) is 0 Å². The van der Waals surface area contributed by atoms with Gasteiger partial charge in [0.05, 0.1) is 12.4 Å². The molecule has 1 aliphatic carbocycles. The number of carbonyl (C=O) groups excluding carboxylic acids is 1. The molecule has 0 bridgehead atoms. The Morgan fingerprint density at radius 2 is 1.86 bits per heavy atom. The fourth-order valence-corrected chi connectivity index (χ4v) is 8.98. The molecule has 7 nitrogen and oxygen atoms in total. The normalized spacial score (nSPS) is 28.6. The van der Waals surface area contributed by atoms with E-state index in [1.165, 1.54) is 17.5 Å². The van der Waals surface area contributed by atoms with Gasteiger partial charge < -0.3 is 14.5 Å². The SMILES string of the molecule is CCCOC(=O)N1CCCC2CC(N3CCC4(CC3)CN(S(=O)(=O)CCC)Cc3ccccc34)CC21. The van der Waals surface area contributed by atoms with Crippen molar-refractivity contribution in [2.45, 2.75) is 89.3 Å². The highest BCUT2D eigenvalue weighted by Crippen LogP contribution is 2.45. The summed E-state index contributed by atoms with van der Waals surface area (Å²) in [6, 6.07) is 9.29. The van der Waals surface area contributed by atoms with Gasteiger partial charge in [0.1, 0.15) is 0 Å². The predicted molar refractivity (Wildman–Crippen MR) is 141 cm³/mol. The van der Waals surface area contributed by atoms with Crippen molar-refractivity contribution in [3.05, 3.63) is 35.4 Å². The molecule has 1 aromatic carbocycles. The molecular formula is C28H43N3O4S. The van der Waals surface area contributed by atoms with E-state index in [1.807, 2.05) is 24.8 Å². The number of sulfonamides is 1. The number of fused-ring (bicyclic) bond motifs is 3. The maximum absolute atomic E-state index is 13.1. The van der Waals surface area contributed by atoms with Gasteiger partial charge in [0.2, 0.25) is 10.0 Å². The van der Waals surface area contributed by atoms with Crippen LogP contribution in [0.5, 0.6) is 0 Å². The van der Waals surface area contributed by atoms with Gasteiger partial charge in [-0.15, -0.1) is 0 Å². The van der Waals surface area contributed by atoms with Crippen LogP contribution in [-0.2, 0) is 26.7 Å². The lowest BCUT2D eigenvalue weighted by Gasteiger charge is -2.49. The van der Waals surface area contributed by atoms with Gasteiger partial charge in [-0.25, -0.2) is 13.2 Å². The van der Waals surface area contributed by atoms with E-state index in [1.54, 1.807) is 4.31 Å². The van der Waals surface area contributed by atoms with Crippen LogP contribution in [0.3, 0.4) is 0 Å². The van der Waals surface area contributed by atoms with Gasteiger partial charge in [0.15, 0.2) is 0 Å². The van der Waals surface area contributed by atoms with Crippen molar-refractivity contribution in [1.82, 2.24) is 14.1 Å². The number of nitrogens with zero attached hydrogens (tertiary/aromatic N) is 3. The second kappa shape index (κ2) is 10.6. The first-order valence-electron chi connectivity index (χ1n) is 14.1. The Balaban J connectivity index is 1.28. The van der Waals surface area contributed by atoms with E-state index in [0.29, 0.717) is 44.1 Å². The summed E-state index contributed by atoms with van der Waals surface area (Å²) in [6.45, 7) is 8.36. The molecule has 0 radical (unpaired) electrons. The van der Waals surface area contributed by atoms with Crippen LogP contribution in [0.25, 0.3) is 0 Å². The largest absolute Gasteiger partial charge is 0.449 e. The number of hydrogen-bond donors (Lipinski definition) is 0. The Morgan fingerprint density at radius 1 is 1.08 bits per heavy atom. The smallest absolute Gasteiger partial charge is 0.410 e. The highest BCUT2D eigenvalue weighted by atomic mass is 32.2. The molecule has 0 aromatic heterocycles. The van der Waals surface area contributed by atoms with Gasteiger partial charge in [-0.05, 0) is 81.5 Å². The van der Waals surface area contributed by atoms with Crippen molar-refractivity contribution in [2.24, 2.45) is 5.92 Å². The topological polar surface area (TPSA) is 70.2 Å². The van der Waals surface area contributed by atoms with Crippen LogP contribution in [0, 0.1) is 5.92 Å². The zero-order valence-corrected chi connectivity index (χ0v) is 22.8. The Bertz CT molecular complexity index is 1040. The summed E-state index contributed by atoms with van der Waals surface area (Å²) in [6.07, 6.45) is 7.80. The number of benzene rings is 1. The number of rotatable bonds is 6. The quantitative estimate of drug-likeness (QED) is 0.561. The molecule has 200 valence electrons. The number of likely N-dealkylation sites (tertiary alicyclic amines) is 2. The summed E-state index contributed by atoms with van der Waals surface area (Å²) >= 11 is 0. The van der Waals surface area contributed by atoms with Crippen LogP contribution in [-0.4, -0.2) is 79.2 Å². The molecule has 1 spiro atoms. The second-order valence-electron chi connectivity index (χ2n) is 11.5. The lowest BCUT2D eigenvalue weighted by atomic mass is 9.69. The predicted octanol–water partition coefficient (Wildman–Crippen LogP) is 4.37. The van der Waals surface area contributed by atoms with E-state index in [2.05, 4.69) is 23.1 Å². The molecular weight excluding hydrogens is 474 g/mol. The lowest BCUT2D eigenvalue weighted by Crippen LogP contribution is -2.54. The van der Waals surface area contributed by atoms with E-state index in [0.717, 1.165) is 58.2 Å². The monoisotopic (exact) mass is 517 g/mol. The van der Waals surface area contributed by atoms with Gasteiger partial charge in [-0.3, -0.25) is 0 Å². The van der Waals surface area contributed by atoms with E-state index >= 15 is 0 Å². The number of hydrogen-bond acceptors (Lipinski definition) is 5. The molecule has 1 saturated carbocycles. The van der Waals surface area contributed by atoms with Crippen LogP contribution in [0.1, 0.15) is 76.3 Å². The molecule has 3 atom stereocenters. The minimum atomic E-state index is -3.25. The van der Waals surface area contributed by atoms with E-state index in [9.17, 15) is 13.2 Å². The van der Waals surface area contributed by atoms with Crippen molar-refractivity contribution >= 4 is 16.1 Å². The lowest BCUT2D eigenvalue weighted by molar-refractivity contribution is 0.0599. The zero-order valence-electron chi connectivity index (χ0n) is 22.0. The number of amides is 1. The Kier molecular flexibility index (Phi) is 7.66. The third-order valence-corrected chi connectivity index (χ3v) is 11.2. The first kappa shape index (κ1) is 26.0. The Hall–Kier alpha value is -1.64. The average Bonchev–Trinajstić information content (AvgIpc) is 3.32. The van der Waals surface area contributed by atoms with Gasteiger partial charge in [-0.2, -0.15) is 4.31 Å². The Morgan fingerprint density at radius 3 is 2.61 bits per heavy atom. The van der Waals surface area contributed by atoms with Gasteiger partial charge >= 0.3 is 6.09 Å².